The molecule has 3 fully saturated rings. The minimum atomic E-state index is -0.0202. The minimum absolute atomic E-state index is 0. The fourth-order valence-electron chi connectivity index (χ4n) is 5.71. The molecule has 3 aliphatic carbocycles. The van der Waals surface area contributed by atoms with Crippen molar-refractivity contribution < 1.29 is 0 Å². The highest BCUT2D eigenvalue weighted by Crippen LogP contribution is 2.70. The second kappa shape index (κ2) is 4.49. The van der Waals surface area contributed by atoms with Gasteiger partial charge in [-0.05, 0) is 54.9 Å². The summed E-state index contributed by atoms with van der Waals surface area (Å²) in [6.45, 7) is 0. The van der Waals surface area contributed by atoms with E-state index in [1.165, 1.54) is 50.5 Å². The third-order valence-corrected chi connectivity index (χ3v) is 6.43. The van der Waals surface area contributed by atoms with Crippen LogP contribution < -0.4 is 5.73 Å². The van der Waals surface area contributed by atoms with Crippen LogP contribution in [0.1, 0.15) is 50.5 Å². The van der Waals surface area contributed by atoms with E-state index in [-0.39, 0.29) is 17.9 Å². The Morgan fingerprint density at radius 2 is 1.58 bits per heavy atom. The molecule has 1 aromatic rings. The molecule has 0 amide bonds. The summed E-state index contributed by atoms with van der Waals surface area (Å²) in [5.74, 6) is 1.65. The molecule has 0 radical (unpaired) electrons. The molecule has 2 N–H and O–H groups in total. The number of benzene rings is 1. The highest BCUT2D eigenvalue weighted by Gasteiger charge is 2.66. The van der Waals surface area contributed by atoms with Crippen LogP contribution in [0.15, 0.2) is 30.3 Å². The van der Waals surface area contributed by atoms with Gasteiger partial charge in [-0.15, -0.1) is 12.4 Å². The number of rotatable bonds is 1. The average molecular weight is 278 g/mol. The normalized spacial score (nSPS) is 38.6. The number of fused-ring (bicyclic) bond motifs is 3. The van der Waals surface area contributed by atoms with Gasteiger partial charge in [-0.25, -0.2) is 0 Å². The molecule has 3 saturated carbocycles. The molecular weight excluding hydrogens is 254 g/mol. The van der Waals surface area contributed by atoms with E-state index in [9.17, 15) is 0 Å². The monoisotopic (exact) mass is 277 g/mol. The zero-order valence-electron chi connectivity index (χ0n) is 11.5. The maximum absolute atomic E-state index is 7.11. The van der Waals surface area contributed by atoms with Crippen molar-refractivity contribution in [3.63, 3.8) is 0 Å². The summed E-state index contributed by atoms with van der Waals surface area (Å²) in [4.78, 5) is 0. The van der Waals surface area contributed by atoms with Crippen molar-refractivity contribution in [2.75, 3.05) is 0 Å². The third-order valence-electron chi connectivity index (χ3n) is 6.43. The Morgan fingerprint density at radius 3 is 2.26 bits per heavy atom. The van der Waals surface area contributed by atoms with Crippen LogP contribution in [0.3, 0.4) is 0 Å². The topological polar surface area (TPSA) is 26.0 Å². The number of halogens is 1. The zero-order chi connectivity index (χ0) is 12.2. The Labute approximate surface area is 122 Å². The van der Waals surface area contributed by atoms with Crippen molar-refractivity contribution in [1.29, 1.82) is 0 Å². The second-order valence-corrected chi connectivity index (χ2v) is 6.81. The summed E-state index contributed by atoms with van der Waals surface area (Å²) in [6.07, 6.45) is 9.74. The Kier molecular flexibility index (Phi) is 3.18. The minimum Gasteiger partial charge on any atom is -0.321 e. The first-order valence-corrected chi connectivity index (χ1v) is 7.62. The van der Waals surface area contributed by atoms with Gasteiger partial charge in [-0.3, -0.25) is 0 Å². The number of hydrogen-bond donors (Lipinski definition) is 1. The summed E-state index contributed by atoms with van der Waals surface area (Å²) in [7, 11) is 0. The van der Waals surface area contributed by atoms with Crippen LogP contribution in [-0.4, -0.2) is 0 Å². The summed E-state index contributed by atoms with van der Waals surface area (Å²) in [5.41, 5.74) is 8.94. The van der Waals surface area contributed by atoms with Gasteiger partial charge >= 0.3 is 0 Å². The number of hydrogen-bond acceptors (Lipinski definition) is 1. The molecule has 3 unspecified atom stereocenters. The lowest BCUT2D eigenvalue weighted by atomic mass is 9.58. The van der Waals surface area contributed by atoms with Gasteiger partial charge in [-0.2, -0.15) is 0 Å². The SMILES string of the molecule is Cl.NC1(c2ccccc2)C2CCC(C2)C12CCCC2. The number of nitrogens with two attached hydrogens (primary N) is 1. The van der Waals surface area contributed by atoms with Crippen LogP contribution in [0.25, 0.3) is 0 Å². The van der Waals surface area contributed by atoms with Crippen molar-refractivity contribution in [3.8, 4) is 0 Å². The maximum Gasteiger partial charge on any atom is 0.0497 e. The van der Waals surface area contributed by atoms with E-state index in [4.69, 9.17) is 5.73 Å². The molecule has 2 heteroatoms. The van der Waals surface area contributed by atoms with Gasteiger partial charge in [0.25, 0.3) is 0 Å². The van der Waals surface area contributed by atoms with Gasteiger partial charge in [0, 0.05) is 5.54 Å². The first kappa shape index (κ1) is 13.5. The van der Waals surface area contributed by atoms with Gasteiger partial charge in [0.2, 0.25) is 0 Å². The lowest BCUT2D eigenvalue weighted by Gasteiger charge is -2.50. The maximum atomic E-state index is 7.11. The van der Waals surface area contributed by atoms with E-state index in [2.05, 4.69) is 30.3 Å². The first-order chi connectivity index (χ1) is 8.77. The van der Waals surface area contributed by atoms with E-state index >= 15 is 0 Å². The van der Waals surface area contributed by atoms with Gasteiger partial charge in [0.1, 0.15) is 0 Å². The lowest BCUT2D eigenvalue weighted by molar-refractivity contribution is 0.0513. The lowest BCUT2D eigenvalue weighted by Crippen LogP contribution is -2.55. The predicted octanol–water partition coefficient (Wildman–Crippen LogP) is 4.25. The molecule has 104 valence electrons. The van der Waals surface area contributed by atoms with E-state index in [1.807, 2.05) is 0 Å². The van der Waals surface area contributed by atoms with Gasteiger partial charge < -0.3 is 5.73 Å². The fourth-order valence-corrected chi connectivity index (χ4v) is 5.71. The van der Waals surface area contributed by atoms with Crippen molar-refractivity contribution >= 4 is 12.4 Å². The Morgan fingerprint density at radius 1 is 0.947 bits per heavy atom. The summed E-state index contributed by atoms with van der Waals surface area (Å²) in [6, 6.07) is 11.0. The van der Waals surface area contributed by atoms with Crippen LogP contribution in [0.2, 0.25) is 0 Å². The zero-order valence-corrected chi connectivity index (χ0v) is 12.3. The predicted molar refractivity (Wildman–Crippen MR) is 81.3 cm³/mol. The fraction of sp³-hybridized carbons (Fsp3) is 0.647. The molecule has 2 bridgehead atoms. The Hall–Kier alpha value is -0.530. The van der Waals surface area contributed by atoms with Crippen LogP contribution in [-0.2, 0) is 5.54 Å². The molecule has 3 aliphatic rings. The summed E-state index contributed by atoms with van der Waals surface area (Å²) in [5, 5.41) is 0. The molecule has 1 spiro atoms. The summed E-state index contributed by atoms with van der Waals surface area (Å²) >= 11 is 0. The molecule has 3 atom stereocenters. The molecule has 4 rings (SSSR count). The molecule has 19 heavy (non-hydrogen) atoms. The van der Waals surface area contributed by atoms with Crippen LogP contribution >= 0.6 is 12.4 Å². The molecule has 0 aliphatic heterocycles. The molecule has 1 aromatic carbocycles. The van der Waals surface area contributed by atoms with E-state index in [0.29, 0.717) is 5.41 Å². The molecule has 0 saturated heterocycles. The van der Waals surface area contributed by atoms with Crippen molar-refractivity contribution in [2.45, 2.75) is 50.5 Å². The smallest absolute Gasteiger partial charge is 0.0497 e. The quantitative estimate of drug-likeness (QED) is 0.816. The molecule has 0 heterocycles. The second-order valence-electron chi connectivity index (χ2n) is 6.81. The highest BCUT2D eigenvalue weighted by atomic mass is 35.5. The highest BCUT2D eigenvalue weighted by molar-refractivity contribution is 5.85. The molecular formula is C17H24ClN. The Balaban J connectivity index is 0.00000110. The van der Waals surface area contributed by atoms with Gasteiger partial charge in [0.15, 0.2) is 0 Å². The third kappa shape index (κ3) is 1.52. The average Bonchev–Trinajstić information content (AvgIpc) is 3.11. The first-order valence-electron chi connectivity index (χ1n) is 7.62. The van der Waals surface area contributed by atoms with Crippen molar-refractivity contribution in [2.24, 2.45) is 23.0 Å². The van der Waals surface area contributed by atoms with E-state index in [1.54, 1.807) is 0 Å². The van der Waals surface area contributed by atoms with Gasteiger partial charge in [0.05, 0.1) is 0 Å². The molecule has 1 nitrogen and oxygen atoms in total. The van der Waals surface area contributed by atoms with E-state index < -0.39 is 0 Å². The summed E-state index contributed by atoms with van der Waals surface area (Å²) < 4.78 is 0. The Bertz CT molecular complexity index is 452. The van der Waals surface area contributed by atoms with Crippen molar-refractivity contribution in [3.05, 3.63) is 35.9 Å². The standard InChI is InChI=1S/C17H23N.ClH/c18-17(13-6-2-1-3-7-13)15-9-8-14(12-15)16(17)10-4-5-11-16;/h1-3,6-7,14-15H,4-5,8-12,18H2;1H. The largest absolute Gasteiger partial charge is 0.321 e. The van der Waals surface area contributed by atoms with Crippen molar-refractivity contribution in [1.82, 2.24) is 0 Å². The molecule has 0 aromatic heterocycles. The van der Waals surface area contributed by atoms with E-state index in [0.717, 1.165) is 11.8 Å². The van der Waals surface area contributed by atoms with Crippen LogP contribution in [0, 0.1) is 17.3 Å². The van der Waals surface area contributed by atoms with Crippen LogP contribution in [0.5, 0.6) is 0 Å². The van der Waals surface area contributed by atoms with Gasteiger partial charge in [-0.1, -0.05) is 43.2 Å². The van der Waals surface area contributed by atoms with Crippen LogP contribution in [0.4, 0.5) is 0 Å².